The Morgan fingerprint density at radius 3 is 2.58 bits per heavy atom. The molecule has 2 N–H and O–H groups in total. The summed E-state index contributed by atoms with van der Waals surface area (Å²) in [5.74, 6) is -0.677. The Kier molecular flexibility index (Phi) is 5.36. The van der Waals surface area contributed by atoms with E-state index < -0.39 is 12.0 Å². The molecule has 0 saturated carbocycles. The maximum atomic E-state index is 11.4. The first-order valence-electron chi connectivity index (χ1n) is 6.12. The summed E-state index contributed by atoms with van der Waals surface area (Å²) < 4.78 is 5.45. The van der Waals surface area contributed by atoms with Crippen LogP contribution in [0.3, 0.4) is 0 Å². The number of nitrogens with one attached hydrogen (secondary N) is 1. The highest BCUT2D eigenvalue weighted by Gasteiger charge is 2.13. The van der Waals surface area contributed by atoms with Crippen LogP contribution in [0.5, 0.6) is 5.75 Å². The van der Waals surface area contributed by atoms with E-state index in [9.17, 15) is 9.59 Å². The second-order valence-corrected chi connectivity index (χ2v) is 4.47. The third-order valence-corrected chi connectivity index (χ3v) is 2.82. The highest BCUT2D eigenvalue weighted by molar-refractivity contribution is 5.83. The SMILES string of the molecule is Cc1ccc(OCCC(=O)N[C@@H](C)C(=O)O)cc1C. The second-order valence-electron chi connectivity index (χ2n) is 4.47. The lowest BCUT2D eigenvalue weighted by molar-refractivity contribution is -0.141. The van der Waals surface area contributed by atoms with Crippen molar-refractivity contribution in [2.75, 3.05) is 6.61 Å². The first kappa shape index (κ1) is 15.0. The van der Waals surface area contributed by atoms with Crippen LogP contribution in [0.25, 0.3) is 0 Å². The first-order valence-corrected chi connectivity index (χ1v) is 6.12. The fraction of sp³-hybridized carbons (Fsp3) is 0.429. The van der Waals surface area contributed by atoms with Crippen LogP contribution in [0.2, 0.25) is 0 Å². The number of benzene rings is 1. The van der Waals surface area contributed by atoms with Crippen LogP contribution >= 0.6 is 0 Å². The number of ether oxygens (including phenoxy) is 1. The number of aryl methyl sites for hydroxylation is 2. The minimum absolute atomic E-state index is 0.130. The molecule has 0 radical (unpaired) electrons. The highest BCUT2D eigenvalue weighted by atomic mass is 16.5. The lowest BCUT2D eigenvalue weighted by Crippen LogP contribution is -2.38. The van der Waals surface area contributed by atoms with Gasteiger partial charge in [0.15, 0.2) is 0 Å². The quantitative estimate of drug-likeness (QED) is 0.820. The van der Waals surface area contributed by atoms with Gasteiger partial charge in [-0.2, -0.15) is 0 Å². The molecule has 5 heteroatoms. The summed E-state index contributed by atoms with van der Waals surface area (Å²) in [4.78, 5) is 22.0. The molecular weight excluding hydrogens is 246 g/mol. The van der Waals surface area contributed by atoms with E-state index in [1.165, 1.54) is 12.5 Å². The van der Waals surface area contributed by atoms with Crippen LogP contribution in [0.15, 0.2) is 18.2 Å². The summed E-state index contributed by atoms with van der Waals surface area (Å²) in [5.41, 5.74) is 2.31. The van der Waals surface area contributed by atoms with Crippen molar-refractivity contribution < 1.29 is 19.4 Å². The molecule has 1 aromatic carbocycles. The number of carbonyl (C=O) groups excluding carboxylic acids is 1. The van der Waals surface area contributed by atoms with Crippen LogP contribution in [0.4, 0.5) is 0 Å². The van der Waals surface area contributed by atoms with Crippen molar-refractivity contribution in [2.24, 2.45) is 0 Å². The normalized spacial score (nSPS) is 11.7. The number of carboxylic acids is 1. The van der Waals surface area contributed by atoms with E-state index in [1.807, 2.05) is 32.0 Å². The third-order valence-electron chi connectivity index (χ3n) is 2.82. The van der Waals surface area contributed by atoms with E-state index in [2.05, 4.69) is 5.32 Å². The van der Waals surface area contributed by atoms with Gasteiger partial charge in [-0.15, -0.1) is 0 Å². The van der Waals surface area contributed by atoms with Gasteiger partial charge in [0.05, 0.1) is 13.0 Å². The Morgan fingerprint density at radius 2 is 2.00 bits per heavy atom. The summed E-state index contributed by atoms with van der Waals surface area (Å²) in [6.45, 7) is 5.65. The molecule has 1 amide bonds. The van der Waals surface area contributed by atoms with Crippen LogP contribution in [-0.4, -0.2) is 29.6 Å². The minimum atomic E-state index is -1.05. The predicted octanol–water partition coefficient (Wildman–Crippen LogP) is 1.66. The standard InChI is InChI=1S/C14H19NO4/c1-9-4-5-12(8-10(9)2)19-7-6-13(16)15-11(3)14(17)18/h4-5,8,11H,6-7H2,1-3H3,(H,15,16)(H,17,18)/t11-/m0/s1. The number of aliphatic carboxylic acids is 1. The number of amides is 1. The minimum Gasteiger partial charge on any atom is -0.493 e. The molecule has 0 fully saturated rings. The molecule has 1 rings (SSSR count). The van der Waals surface area contributed by atoms with Crippen LogP contribution < -0.4 is 10.1 Å². The van der Waals surface area contributed by atoms with Gasteiger partial charge in [0.2, 0.25) is 5.91 Å². The van der Waals surface area contributed by atoms with Crippen molar-refractivity contribution in [1.82, 2.24) is 5.32 Å². The maximum absolute atomic E-state index is 11.4. The summed E-state index contributed by atoms with van der Waals surface area (Å²) in [6, 6.07) is 4.83. The molecule has 0 aliphatic heterocycles. The molecule has 0 bridgehead atoms. The van der Waals surface area contributed by atoms with Crippen molar-refractivity contribution in [3.8, 4) is 5.75 Å². The van der Waals surface area contributed by atoms with Crippen LogP contribution in [0.1, 0.15) is 24.5 Å². The topological polar surface area (TPSA) is 75.6 Å². The zero-order valence-corrected chi connectivity index (χ0v) is 11.4. The van der Waals surface area contributed by atoms with Gasteiger partial charge in [0.1, 0.15) is 11.8 Å². The molecule has 1 atom stereocenters. The third kappa shape index (κ3) is 4.99. The van der Waals surface area contributed by atoms with Gasteiger partial charge in [0, 0.05) is 0 Å². The van der Waals surface area contributed by atoms with Crippen molar-refractivity contribution >= 4 is 11.9 Å². The van der Waals surface area contributed by atoms with Crippen molar-refractivity contribution in [3.63, 3.8) is 0 Å². The largest absolute Gasteiger partial charge is 0.493 e. The molecular formula is C14H19NO4. The molecule has 0 aromatic heterocycles. The zero-order valence-electron chi connectivity index (χ0n) is 11.4. The number of hydrogen-bond acceptors (Lipinski definition) is 3. The van der Waals surface area contributed by atoms with Gasteiger partial charge in [-0.25, -0.2) is 0 Å². The number of hydrogen-bond donors (Lipinski definition) is 2. The van der Waals surface area contributed by atoms with Crippen LogP contribution in [0, 0.1) is 13.8 Å². The molecule has 0 aliphatic rings. The summed E-state index contributed by atoms with van der Waals surface area (Å²) >= 11 is 0. The summed E-state index contributed by atoms with van der Waals surface area (Å²) in [6.07, 6.45) is 0.130. The Morgan fingerprint density at radius 1 is 1.32 bits per heavy atom. The average Bonchev–Trinajstić information content (AvgIpc) is 2.33. The smallest absolute Gasteiger partial charge is 0.325 e. The monoisotopic (exact) mass is 265 g/mol. The van der Waals surface area contributed by atoms with Gasteiger partial charge in [-0.05, 0) is 44.0 Å². The second kappa shape index (κ2) is 6.78. The number of rotatable bonds is 6. The lowest BCUT2D eigenvalue weighted by atomic mass is 10.1. The van der Waals surface area contributed by atoms with E-state index in [-0.39, 0.29) is 18.9 Å². The highest BCUT2D eigenvalue weighted by Crippen LogP contribution is 2.16. The predicted molar refractivity (Wildman–Crippen MR) is 71.3 cm³/mol. The fourth-order valence-electron chi connectivity index (χ4n) is 1.44. The first-order chi connectivity index (χ1) is 8.90. The lowest BCUT2D eigenvalue weighted by Gasteiger charge is -2.10. The molecule has 0 aliphatic carbocycles. The Hall–Kier alpha value is -2.04. The molecule has 5 nitrogen and oxygen atoms in total. The van der Waals surface area contributed by atoms with Gasteiger partial charge in [-0.1, -0.05) is 6.07 Å². The van der Waals surface area contributed by atoms with E-state index in [0.717, 1.165) is 5.56 Å². The maximum Gasteiger partial charge on any atom is 0.325 e. The van der Waals surface area contributed by atoms with Gasteiger partial charge >= 0.3 is 5.97 Å². The van der Waals surface area contributed by atoms with Crippen molar-refractivity contribution in [1.29, 1.82) is 0 Å². The molecule has 1 aromatic rings. The van der Waals surface area contributed by atoms with E-state index in [4.69, 9.17) is 9.84 Å². The summed E-state index contributed by atoms with van der Waals surface area (Å²) in [5, 5.41) is 11.0. The number of carbonyl (C=O) groups is 2. The Labute approximate surface area is 112 Å². The van der Waals surface area contributed by atoms with Gasteiger partial charge in [0.25, 0.3) is 0 Å². The molecule has 0 heterocycles. The van der Waals surface area contributed by atoms with E-state index in [1.54, 1.807) is 0 Å². The molecule has 0 spiro atoms. The molecule has 19 heavy (non-hydrogen) atoms. The van der Waals surface area contributed by atoms with Crippen molar-refractivity contribution in [2.45, 2.75) is 33.2 Å². The van der Waals surface area contributed by atoms with Crippen LogP contribution in [-0.2, 0) is 9.59 Å². The summed E-state index contributed by atoms with van der Waals surface area (Å²) in [7, 11) is 0. The van der Waals surface area contributed by atoms with Gasteiger partial charge in [-0.3, -0.25) is 9.59 Å². The molecule has 0 saturated heterocycles. The van der Waals surface area contributed by atoms with E-state index in [0.29, 0.717) is 5.75 Å². The van der Waals surface area contributed by atoms with E-state index >= 15 is 0 Å². The van der Waals surface area contributed by atoms with Gasteiger partial charge < -0.3 is 15.2 Å². The Balaban J connectivity index is 2.35. The molecule has 104 valence electrons. The Bertz CT molecular complexity index is 471. The fourth-order valence-corrected chi connectivity index (χ4v) is 1.44. The molecule has 0 unspecified atom stereocenters. The van der Waals surface area contributed by atoms with Crippen molar-refractivity contribution in [3.05, 3.63) is 29.3 Å². The zero-order chi connectivity index (χ0) is 14.4. The average molecular weight is 265 g/mol. The number of carboxylic acid groups (broad SMARTS) is 1.